The van der Waals surface area contributed by atoms with Crippen molar-refractivity contribution in [1.82, 2.24) is 19.3 Å². The van der Waals surface area contributed by atoms with Crippen molar-refractivity contribution in [3.05, 3.63) is 76.1 Å². The molecule has 0 unspecified atom stereocenters. The first-order chi connectivity index (χ1) is 29.5. The molecule has 0 bridgehead atoms. The number of hydrogen-bond donors (Lipinski definition) is 3. The molecule has 7 rings (SSSR count). The van der Waals surface area contributed by atoms with Gasteiger partial charge in [0.1, 0.15) is 56.3 Å². The Kier molecular flexibility index (Phi) is 21.8. The molecule has 2 aromatic heterocycles. The first-order valence-corrected chi connectivity index (χ1v) is 24.3. The van der Waals surface area contributed by atoms with Crippen molar-refractivity contribution >= 4 is 146 Å². The van der Waals surface area contributed by atoms with Crippen LogP contribution in [0.4, 0.5) is 39.6 Å². The smallest absolute Gasteiger partial charge is 0.744 e. The topological polar surface area (TPSA) is 450 Å². The van der Waals surface area contributed by atoms with Crippen molar-refractivity contribution in [2.45, 2.75) is 24.5 Å². The van der Waals surface area contributed by atoms with E-state index in [2.05, 4.69) is 40.2 Å². The number of halogens is 1. The van der Waals surface area contributed by atoms with Crippen molar-refractivity contribution in [2.75, 3.05) is 10.6 Å². The number of hydrogen-bond acceptors (Lipinski definition) is 27. The number of nitrogens with zero attached hydrogens (tertiary/aromatic N) is 7. The zero-order valence-electron chi connectivity index (χ0n) is 35.1. The molecule has 39 heteroatoms. The molecule has 0 saturated heterocycles. The summed E-state index contributed by atoms with van der Waals surface area (Å²) >= 11 is 6.70. The average Bonchev–Trinajstić information content (AvgIpc) is 3.56. The predicted molar refractivity (Wildman–Crippen MR) is 211 cm³/mol. The third kappa shape index (κ3) is 14.3. The number of benzene rings is 5. The van der Waals surface area contributed by atoms with Gasteiger partial charge in [-0.05, 0) is 77.1 Å². The molecule has 0 aliphatic carbocycles. The molecule has 0 radical (unpaired) electrons. The number of non-ortho nitro benzene ring substituents is 1. The molecule has 3 N–H and O–H groups in total. The van der Waals surface area contributed by atoms with Crippen molar-refractivity contribution < 1.29 is 223 Å². The molecule has 7 aromatic rings. The van der Waals surface area contributed by atoms with Gasteiger partial charge in [0.05, 0.1) is 40.6 Å². The Labute approximate surface area is 507 Å². The molecule has 5 aromatic carbocycles. The van der Waals surface area contributed by atoms with E-state index in [-0.39, 0.29) is 170 Å². The van der Waals surface area contributed by atoms with Crippen LogP contribution in [0.2, 0.25) is 5.28 Å². The second-order valence-corrected chi connectivity index (χ2v) is 20.4. The van der Waals surface area contributed by atoms with E-state index in [4.69, 9.17) is 11.6 Å². The summed E-state index contributed by atoms with van der Waals surface area (Å²) in [5.74, 6) is -2.67. The molecule has 0 fully saturated rings. The number of fused-ring (bicyclic) bond motifs is 3. The minimum Gasteiger partial charge on any atom is -0.744 e. The van der Waals surface area contributed by atoms with Crippen LogP contribution in [-0.4, -0.2) is 94.2 Å². The van der Waals surface area contributed by atoms with Gasteiger partial charge in [-0.15, -0.1) is 10.2 Å². The van der Waals surface area contributed by atoms with E-state index in [0.29, 0.717) is 47.9 Å². The maximum absolute atomic E-state index is 12.5. The molecule has 0 spiro atoms. The fourth-order valence-electron chi connectivity index (χ4n) is 5.90. The molecular formula is C30H13ClN9Na5O18S6. The summed E-state index contributed by atoms with van der Waals surface area (Å²) in [4.78, 5) is 15.5. The summed E-state index contributed by atoms with van der Waals surface area (Å²) in [7, 11) is -28.0. The van der Waals surface area contributed by atoms with Crippen LogP contribution >= 0.6 is 23.1 Å². The van der Waals surface area contributed by atoms with Gasteiger partial charge in [0.2, 0.25) is 17.2 Å². The van der Waals surface area contributed by atoms with Crippen molar-refractivity contribution in [2.24, 2.45) is 10.2 Å². The SMILES string of the molecule is O=[N+]([O-])c1ccc2nsc(N=Nc3c(S(=O)(=O)[O-])cc4cc(S(=O)(=O)[O-])cc(Nc5nc(Cl)nc(Nc6cc(S(=O)(=O)[O-])c7cc(S(=O)(=O)[O-])cc(S(=O)(=O)[O-])c7c6)n5)c4c3O)c2c1.[Na+].[Na+].[Na+].[Na+].[Na+]. The molecule has 0 atom stereocenters. The molecule has 27 nitrogen and oxygen atoms in total. The molecular weight excluding hydrogens is 1120 g/mol. The number of nitro groups is 1. The molecule has 0 amide bonds. The number of anilines is 4. The summed E-state index contributed by atoms with van der Waals surface area (Å²) in [6.45, 7) is 0. The van der Waals surface area contributed by atoms with Gasteiger partial charge >= 0.3 is 148 Å². The van der Waals surface area contributed by atoms with Gasteiger partial charge in [-0.25, -0.2) is 42.1 Å². The molecule has 0 saturated carbocycles. The number of nitrogens with one attached hydrogen (secondary N) is 2. The van der Waals surface area contributed by atoms with E-state index in [0.717, 1.165) is 12.1 Å². The third-order valence-electron chi connectivity index (χ3n) is 8.48. The summed E-state index contributed by atoms with van der Waals surface area (Å²) in [6.07, 6.45) is 0. The minimum absolute atomic E-state index is 0. The fraction of sp³-hybridized carbons (Fsp3) is 0. The predicted octanol–water partition coefficient (Wildman–Crippen LogP) is -11.5. The van der Waals surface area contributed by atoms with E-state index >= 15 is 0 Å². The second-order valence-electron chi connectivity index (χ2n) is 12.6. The van der Waals surface area contributed by atoms with Crippen LogP contribution in [0.1, 0.15) is 0 Å². The summed E-state index contributed by atoms with van der Waals surface area (Å²) < 4.78 is 187. The number of phenolic OH excluding ortho intramolecular Hbond substituents is 1. The Balaban J connectivity index is 0.00000327. The molecule has 2 heterocycles. The van der Waals surface area contributed by atoms with Crippen LogP contribution < -0.4 is 158 Å². The largest absolute Gasteiger partial charge is 1.00 e. The summed E-state index contributed by atoms with van der Waals surface area (Å²) in [5.41, 5.74) is -2.53. The molecule has 0 aliphatic rings. The number of azo groups is 1. The van der Waals surface area contributed by atoms with Crippen LogP contribution in [0.15, 0.2) is 95.4 Å². The van der Waals surface area contributed by atoms with E-state index in [1.54, 1.807) is 0 Å². The van der Waals surface area contributed by atoms with E-state index < -0.39 is 147 Å². The summed E-state index contributed by atoms with van der Waals surface area (Å²) in [6, 6.07) is 6.85. The first-order valence-electron chi connectivity index (χ1n) is 16.2. The van der Waals surface area contributed by atoms with Gasteiger partial charge in [-0.3, -0.25) is 10.1 Å². The fourth-order valence-corrected chi connectivity index (χ4v) is 9.94. The van der Waals surface area contributed by atoms with Crippen LogP contribution in [0, 0.1) is 10.1 Å². The number of aromatic nitrogens is 4. The number of aromatic hydroxyl groups is 1. The van der Waals surface area contributed by atoms with Gasteiger partial charge in [0, 0.05) is 39.4 Å². The first kappa shape index (κ1) is 63.9. The van der Waals surface area contributed by atoms with Gasteiger partial charge in [0.25, 0.3) is 5.69 Å². The number of nitro benzene ring substituents is 1. The Morgan fingerprint density at radius 1 is 0.609 bits per heavy atom. The third-order valence-corrected chi connectivity index (χ3v) is 13.6. The quantitative estimate of drug-likeness (QED) is 0.0336. The van der Waals surface area contributed by atoms with Crippen molar-refractivity contribution in [3.63, 3.8) is 0 Å². The monoisotopic (exact) mass is 1130 g/mol. The number of phenols is 1. The van der Waals surface area contributed by atoms with Crippen molar-refractivity contribution in [1.29, 1.82) is 0 Å². The van der Waals surface area contributed by atoms with Crippen molar-refractivity contribution in [3.8, 4) is 5.75 Å². The van der Waals surface area contributed by atoms with Crippen LogP contribution in [-0.2, 0) is 50.6 Å². The van der Waals surface area contributed by atoms with E-state index in [1.165, 1.54) is 6.07 Å². The second kappa shape index (κ2) is 23.5. The van der Waals surface area contributed by atoms with Gasteiger partial charge in [-0.2, -0.15) is 19.3 Å². The van der Waals surface area contributed by atoms with Gasteiger partial charge in [-0.1, -0.05) is 0 Å². The Bertz CT molecular complexity index is 3860. The Morgan fingerprint density at radius 3 is 1.70 bits per heavy atom. The van der Waals surface area contributed by atoms with Crippen LogP contribution in [0.5, 0.6) is 5.75 Å². The molecule has 334 valence electrons. The maximum Gasteiger partial charge on any atom is 1.00 e. The average molecular weight is 1130 g/mol. The zero-order chi connectivity index (χ0) is 47.1. The standard InChI is InChI=1S/C30H18ClN9O18S6.5Na/c31-28-34-29(32-12-5-16-17(21(6-12)62(50,51)52)8-15(61(47,48)49)10-22(16)63(53,54)55)36-30(35-28)33-20-9-14(60(44,45)46)3-11-4-23(64(56,57)58)25(26(41)24(11)20)37-38-27-18-7-13(40(42)43)1-2-19(18)39-59-27;;;;;/h1-10,41H,(H,44,45,46)(H,47,48,49)(H,50,51,52)(H,53,54,55)(H,56,57,58)(H2,32,33,34,35,36);;;;;/q;5*+1/p-5. The zero-order valence-corrected chi connectivity index (χ0v) is 50.8. The van der Waals surface area contributed by atoms with Gasteiger partial charge < -0.3 is 38.5 Å². The van der Waals surface area contributed by atoms with E-state index in [9.17, 15) is 80.1 Å². The molecule has 0 aliphatic heterocycles. The Morgan fingerprint density at radius 2 is 1.14 bits per heavy atom. The Hall–Kier alpha value is -1.24. The minimum atomic E-state index is -5.71. The maximum atomic E-state index is 12.5. The van der Waals surface area contributed by atoms with Gasteiger partial charge in [0.15, 0.2) is 10.8 Å². The normalized spacial score (nSPS) is 12.0. The van der Waals surface area contributed by atoms with Crippen LogP contribution in [0.3, 0.4) is 0 Å². The van der Waals surface area contributed by atoms with E-state index in [1.807, 2.05) is 0 Å². The van der Waals surface area contributed by atoms with Crippen LogP contribution in [0.25, 0.3) is 32.4 Å². The molecule has 69 heavy (non-hydrogen) atoms. The summed E-state index contributed by atoms with van der Waals surface area (Å²) in [5, 5.41) is 31.2. The number of rotatable bonds is 12.